The molecule has 0 aromatic heterocycles. The van der Waals surface area contributed by atoms with E-state index >= 15 is 0 Å². The van der Waals surface area contributed by atoms with E-state index in [1.165, 1.54) is 31.3 Å². The predicted octanol–water partition coefficient (Wildman–Crippen LogP) is 6.05. The number of carboxylic acids is 1. The second-order valence-electron chi connectivity index (χ2n) is 6.72. The lowest BCUT2D eigenvalue weighted by atomic mass is 10.00. The van der Waals surface area contributed by atoms with Crippen LogP contribution in [-0.4, -0.2) is 21.8 Å². The zero-order chi connectivity index (χ0) is 18.8. The minimum Gasteiger partial charge on any atom is -0.481 e. The van der Waals surface area contributed by atoms with Crippen LogP contribution in [0.4, 0.5) is 0 Å². The molecule has 0 saturated carbocycles. The number of hydrogen-bond donors (Lipinski definition) is 2. The Morgan fingerprint density at radius 2 is 1.54 bits per heavy atom. The van der Waals surface area contributed by atoms with Gasteiger partial charge >= 0.3 is 5.97 Å². The highest BCUT2D eigenvalue weighted by atomic mass is 16.4. The van der Waals surface area contributed by atoms with Gasteiger partial charge in [0.25, 0.3) is 0 Å². The van der Waals surface area contributed by atoms with Crippen LogP contribution < -0.4 is 0 Å². The molecular weight excluding hydrogens is 300 g/mol. The summed E-state index contributed by atoms with van der Waals surface area (Å²) >= 11 is 0. The van der Waals surface area contributed by atoms with Gasteiger partial charge in [0.15, 0.2) is 0 Å². The molecule has 0 aromatic carbocycles. The van der Waals surface area contributed by atoms with Crippen molar-refractivity contribution >= 4 is 5.97 Å². The van der Waals surface area contributed by atoms with E-state index < -0.39 is 11.6 Å². The maximum atomic E-state index is 10.2. The van der Waals surface area contributed by atoms with Gasteiger partial charge in [-0.1, -0.05) is 49.5 Å². The first kappa shape index (κ1) is 24.9. The van der Waals surface area contributed by atoms with Gasteiger partial charge in [-0.3, -0.25) is 4.79 Å². The molecule has 1 unspecified atom stereocenters. The van der Waals surface area contributed by atoms with E-state index in [0.717, 1.165) is 32.1 Å². The first-order chi connectivity index (χ1) is 11.2. The van der Waals surface area contributed by atoms with Crippen LogP contribution in [0.5, 0.6) is 0 Å². The van der Waals surface area contributed by atoms with Crippen LogP contribution in [0, 0.1) is 0 Å². The quantitative estimate of drug-likeness (QED) is 0.317. The summed E-state index contributed by atoms with van der Waals surface area (Å²) in [5.41, 5.74) is 0.594. The third-order valence-electron chi connectivity index (χ3n) is 3.69. The van der Waals surface area contributed by atoms with E-state index in [4.69, 9.17) is 5.11 Å². The Morgan fingerprint density at radius 3 is 2.00 bits per heavy atom. The van der Waals surface area contributed by atoms with Crippen molar-refractivity contribution in [1.82, 2.24) is 0 Å². The van der Waals surface area contributed by atoms with Gasteiger partial charge in [-0.2, -0.15) is 0 Å². The average Bonchev–Trinajstić information content (AvgIpc) is 2.50. The highest BCUT2D eigenvalue weighted by molar-refractivity contribution is 5.66. The zero-order valence-electron chi connectivity index (χ0n) is 16.0. The molecular formula is C21H38O3. The minimum absolute atomic E-state index is 0.326. The van der Waals surface area contributed by atoms with Crippen molar-refractivity contribution < 1.29 is 15.0 Å². The molecule has 0 saturated heterocycles. The standard InChI is InChI=1S/C11H20O2.C10H18O/c1-2-3-4-5-6-7-8-9-10-11(12)13;1-5-10(4,11)8-6-7-9(2)3/h2H,1,3-10H2,(H,12,13);5,7,11H,1,6,8H2,2-4H3. The summed E-state index contributed by atoms with van der Waals surface area (Å²) < 4.78 is 0. The van der Waals surface area contributed by atoms with Crippen molar-refractivity contribution in [2.75, 3.05) is 0 Å². The Labute approximate surface area is 149 Å². The number of hydrogen-bond acceptors (Lipinski definition) is 2. The largest absolute Gasteiger partial charge is 0.481 e. The maximum Gasteiger partial charge on any atom is 0.303 e. The fourth-order valence-electron chi connectivity index (χ4n) is 2.03. The van der Waals surface area contributed by atoms with Gasteiger partial charge in [-0.05, 0) is 52.9 Å². The van der Waals surface area contributed by atoms with Crippen molar-refractivity contribution in [1.29, 1.82) is 0 Å². The normalized spacial score (nSPS) is 12.3. The number of rotatable bonds is 13. The van der Waals surface area contributed by atoms with Crippen LogP contribution >= 0.6 is 0 Å². The summed E-state index contributed by atoms with van der Waals surface area (Å²) in [6, 6.07) is 0. The number of unbranched alkanes of at least 4 members (excludes halogenated alkanes) is 6. The van der Waals surface area contributed by atoms with Crippen molar-refractivity contribution in [2.45, 2.75) is 90.6 Å². The summed E-state index contributed by atoms with van der Waals surface area (Å²) in [5, 5.41) is 17.9. The molecule has 0 radical (unpaired) electrons. The van der Waals surface area contributed by atoms with Crippen molar-refractivity contribution in [3.05, 3.63) is 37.0 Å². The lowest BCUT2D eigenvalue weighted by Gasteiger charge is -2.16. The number of allylic oxidation sites excluding steroid dienone is 3. The molecule has 24 heavy (non-hydrogen) atoms. The molecule has 1 atom stereocenters. The first-order valence-corrected chi connectivity index (χ1v) is 9.07. The molecule has 3 heteroatoms. The van der Waals surface area contributed by atoms with Gasteiger partial charge in [0.1, 0.15) is 0 Å². The topological polar surface area (TPSA) is 57.5 Å². The number of carboxylic acid groups (broad SMARTS) is 1. The molecule has 0 fully saturated rings. The molecule has 2 N–H and O–H groups in total. The van der Waals surface area contributed by atoms with E-state index in [2.05, 4.69) is 33.1 Å². The molecule has 0 rings (SSSR count). The molecule has 140 valence electrons. The number of aliphatic carboxylic acids is 1. The van der Waals surface area contributed by atoms with Crippen LogP contribution in [0.25, 0.3) is 0 Å². The summed E-state index contributed by atoms with van der Waals surface area (Å²) in [5.74, 6) is -0.674. The van der Waals surface area contributed by atoms with Gasteiger partial charge in [-0.25, -0.2) is 0 Å². The molecule has 0 aliphatic rings. The monoisotopic (exact) mass is 338 g/mol. The summed E-state index contributed by atoms with van der Waals surface area (Å²) in [6.07, 6.45) is 15.5. The van der Waals surface area contributed by atoms with Crippen molar-refractivity contribution in [2.24, 2.45) is 0 Å². The average molecular weight is 339 g/mol. The van der Waals surface area contributed by atoms with E-state index in [9.17, 15) is 9.90 Å². The Balaban J connectivity index is 0. The highest BCUT2D eigenvalue weighted by Crippen LogP contribution is 2.13. The lowest BCUT2D eigenvalue weighted by molar-refractivity contribution is -0.137. The second kappa shape index (κ2) is 16.5. The summed E-state index contributed by atoms with van der Waals surface area (Å²) in [7, 11) is 0. The summed E-state index contributed by atoms with van der Waals surface area (Å²) in [6.45, 7) is 13.1. The molecule has 0 aliphatic heterocycles. The second-order valence-corrected chi connectivity index (χ2v) is 6.72. The molecule has 0 aliphatic carbocycles. The Morgan fingerprint density at radius 1 is 1.00 bits per heavy atom. The van der Waals surface area contributed by atoms with E-state index in [-0.39, 0.29) is 0 Å². The van der Waals surface area contributed by atoms with Gasteiger partial charge < -0.3 is 10.2 Å². The number of aliphatic hydroxyl groups is 1. The Kier molecular flexibility index (Phi) is 17.1. The zero-order valence-corrected chi connectivity index (χ0v) is 16.0. The Bertz CT molecular complexity index is 363. The fourth-order valence-corrected chi connectivity index (χ4v) is 2.03. The third kappa shape index (κ3) is 22.9. The van der Waals surface area contributed by atoms with Crippen molar-refractivity contribution in [3.8, 4) is 0 Å². The summed E-state index contributed by atoms with van der Waals surface area (Å²) in [4.78, 5) is 10.2. The van der Waals surface area contributed by atoms with E-state index in [0.29, 0.717) is 6.42 Å². The predicted molar refractivity (Wildman–Crippen MR) is 104 cm³/mol. The van der Waals surface area contributed by atoms with Crippen LogP contribution in [0.15, 0.2) is 37.0 Å². The van der Waals surface area contributed by atoms with Crippen LogP contribution in [0.1, 0.15) is 85.0 Å². The molecule has 0 bridgehead atoms. The van der Waals surface area contributed by atoms with E-state index in [1.54, 1.807) is 13.0 Å². The molecule has 0 aromatic rings. The SMILES string of the molecule is C=CC(C)(O)CCC=C(C)C.C=CCCCCCCCCC(=O)O. The minimum atomic E-state index is -0.702. The molecule has 0 heterocycles. The molecule has 0 amide bonds. The maximum absolute atomic E-state index is 10.2. The third-order valence-corrected chi connectivity index (χ3v) is 3.69. The Hall–Kier alpha value is -1.35. The van der Waals surface area contributed by atoms with Crippen molar-refractivity contribution in [3.63, 3.8) is 0 Å². The van der Waals surface area contributed by atoms with Crippen LogP contribution in [0.3, 0.4) is 0 Å². The molecule has 0 spiro atoms. The first-order valence-electron chi connectivity index (χ1n) is 9.07. The lowest BCUT2D eigenvalue weighted by Crippen LogP contribution is -2.19. The highest BCUT2D eigenvalue weighted by Gasteiger charge is 2.12. The van der Waals surface area contributed by atoms with Gasteiger partial charge in [0.2, 0.25) is 0 Å². The van der Waals surface area contributed by atoms with Gasteiger partial charge in [0, 0.05) is 6.42 Å². The van der Waals surface area contributed by atoms with Crippen LogP contribution in [-0.2, 0) is 4.79 Å². The van der Waals surface area contributed by atoms with E-state index in [1.807, 2.05) is 6.08 Å². The molecule has 3 nitrogen and oxygen atoms in total. The fraction of sp³-hybridized carbons (Fsp3) is 0.667. The van der Waals surface area contributed by atoms with Crippen LogP contribution in [0.2, 0.25) is 0 Å². The van der Waals surface area contributed by atoms with Gasteiger partial charge in [-0.15, -0.1) is 13.2 Å². The van der Waals surface area contributed by atoms with Gasteiger partial charge in [0.05, 0.1) is 5.60 Å². The smallest absolute Gasteiger partial charge is 0.303 e. The number of carbonyl (C=O) groups is 1.